The van der Waals surface area contributed by atoms with Gasteiger partial charge in [0.2, 0.25) is 0 Å². The first-order valence-electron chi connectivity index (χ1n) is 11.6. The van der Waals surface area contributed by atoms with Crippen molar-refractivity contribution in [3.8, 4) is 11.4 Å². The van der Waals surface area contributed by atoms with Crippen molar-refractivity contribution in [1.29, 1.82) is 0 Å². The summed E-state index contributed by atoms with van der Waals surface area (Å²) in [6.45, 7) is 7.06. The van der Waals surface area contributed by atoms with Crippen molar-refractivity contribution in [2.24, 2.45) is 0 Å². The highest BCUT2D eigenvalue weighted by Gasteiger charge is 2.26. The fourth-order valence-electron chi connectivity index (χ4n) is 4.35. The van der Waals surface area contributed by atoms with E-state index in [1.165, 1.54) is 22.5 Å². The summed E-state index contributed by atoms with van der Waals surface area (Å²) in [5, 5.41) is 1.95. The zero-order valence-electron chi connectivity index (χ0n) is 19.6. The molecule has 0 radical (unpaired) electrons. The van der Waals surface area contributed by atoms with Crippen LogP contribution in [0.1, 0.15) is 32.1 Å². The Labute approximate surface area is 204 Å². The van der Waals surface area contributed by atoms with Crippen LogP contribution in [0.5, 0.6) is 0 Å². The molecule has 2 aromatic carbocycles. The molecule has 1 saturated heterocycles. The van der Waals surface area contributed by atoms with Gasteiger partial charge in [-0.05, 0) is 30.9 Å². The Balaban J connectivity index is 1.45. The maximum Gasteiger partial charge on any atom is 0.264 e. The molecular formula is C28H28N4OS. The zero-order valence-corrected chi connectivity index (χ0v) is 20.4. The van der Waals surface area contributed by atoms with Gasteiger partial charge in [-0.1, -0.05) is 66.2 Å². The Morgan fingerprint density at radius 2 is 1.62 bits per heavy atom. The van der Waals surface area contributed by atoms with E-state index in [0.29, 0.717) is 13.1 Å². The maximum atomic E-state index is 12.8. The Morgan fingerprint density at radius 3 is 2.29 bits per heavy atom. The van der Waals surface area contributed by atoms with Gasteiger partial charge < -0.3 is 9.80 Å². The van der Waals surface area contributed by atoms with Crippen molar-refractivity contribution in [2.45, 2.75) is 20.3 Å². The van der Waals surface area contributed by atoms with Crippen LogP contribution in [0, 0.1) is 13.8 Å². The second-order valence-electron chi connectivity index (χ2n) is 8.72. The lowest BCUT2D eigenvalue weighted by molar-refractivity contribution is 0.0751. The van der Waals surface area contributed by atoms with Gasteiger partial charge in [0.05, 0.1) is 4.88 Å². The number of rotatable bonds is 5. The van der Waals surface area contributed by atoms with Gasteiger partial charge in [0.1, 0.15) is 5.82 Å². The van der Waals surface area contributed by atoms with Gasteiger partial charge in [-0.15, -0.1) is 11.3 Å². The van der Waals surface area contributed by atoms with E-state index >= 15 is 0 Å². The van der Waals surface area contributed by atoms with Crippen LogP contribution < -0.4 is 4.90 Å². The Hall–Kier alpha value is -3.51. The van der Waals surface area contributed by atoms with Gasteiger partial charge in [0.25, 0.3) is 5.91 Å². The van der Waals surface area contributed by atoms with Crippen LogP contribution in [0.25, 0.3) is 11.4 Å². The largest absolute Gasteiger partial charge is 0.353 e. The van der Waals surface area contributed by atoms with E-state index in [9.17, 15) is 4.79 Å². The quantitative estimate of drug-likeness (QED) is 0.395. The SMILES string of the molecule is Cc1ccc(Cc2c(C)nc(-c3ccccc3)nc2N2CCN(C(=O)c3cccs3)CC2)cc1. The van der Waals surface area contributed by atoms with Gasteiger partial charge in [-0.3, -0.25) is 4.79 Å². The van der Waals surface area contributed by atoms with Gasteiger partial charge in [-0.25, -0.2) is 9.97 Å². The molecule has 1 aliphatic heterocycles. The summed E-state index contributed by atoms with van der Waals surface area (Å²) in [7, 11) is 0. The first-order chi connectivity index (χ1) is 16.6. The Kier molecular flexibility index (Phi) is 6.41. The second-order valence-corrected chi connectivity index (χ2v) is 9.67. The van der Waals surface area contributed by atoms with Crippen LogP contribution in [0.3, 0.4) is 0 Å². The van der Waals surface area contributed by atoms with E-state index in [1.54, 1.807) is 0 Å². The predicted molar refractivity (Wildman–Crippen MR) is 139 cm³/mol. The van der Waals surface area contributed by atoms with Crippen molar-refractivity contribution < 1.29 is 4.79 Å². The third kappa shape index (κ3) is 4.73. The van der Waals surface area contributed by atoms with E-state index in [1.807, 2.05) is 40.6 Å². The molecule has 0 bridgehead atoms. The van der Waals surface area contributed by atoms with Crippen LogP contribution in [0.2, 0.25) is 0 Å². The molecule has 4 aromatic rings. The minimum Gasteiger partial charge on any atom is -0.353 e. The van der Waals surface area contributed by atoms with Crippen LogP contribution in [-0.4, -0.2) is 47.0 Å². The number of nitrogens with zero attached hydrogens (tertiary/aromatic N) is 4. The van der Waals surface area contributed by atoms with E-state index in [0.717, 1.165) is 52.9 Å². The molecule has 0 aliphatic carbocycles. The molecule has 34 heavy (non-hydrogen) atoms. The minimum absolute atomic E-state index is 0.123. The molecule has 1 aliphatic rings. The van der Waals surface area contributed by atoms with Crippen molar-refractivity contribution >= 4 is 23.1 Å². The zero-order chi connectivity index (χ0) is 23.5. The average molecular weight is 469 g/mol. The lowest BCUT2D eigenvalue weighted by Gasteiger charge is -2.36. The van der Waals surface area contributed by atoms with Gasteiger partial charge in [0, 0.05) is 49.4 Å². The van der Waals surface area contributed by atoms with Gasteiger partial charge in [0.15, 0.2) is 5.82 Å². The summed E-state index contributed by atoms with van der Waals surface area (Å²) < 4.78 is 0. The minimum atomic E-state index is 0.123. The van der Waals surface area contributed by atoms with Gasteiger partial charge >= 0.3 is 0 Å². The molecule has 0 N–H and O–H groups in total. The average Bonchev–Trinajstić information content (AvgIpc) is 3.42. The van der Waals surface area contributed by atoms with Crippen LogP contribution in [0.4, 0.5) is 5.82 Å². The van der Waals surface area contributed by atoms with Crippen LogP contribution in [0.15, 0.2) is 72.1 Å². The van der Waals surface area contributed by atoms with Crippen molar-refractivity contribution in [3.63, 3.8) is 0 Å². The molecule has 0 saturated carbocycles. The normalized spacial score (nSPS) is 13.8. The lowest BCUT2D eigenvalue weighted by Crippen LogP contribution is -2.49. The number of benzene rings is 2. The van der Waals surface area contributed by atoms with E-state index in [4.69, 9.17) is 9.97 Å². The van der Waals surface area contributed by atoms with Crippen LogP contribution in [-0.2, 0) is 6.42 Å². The fraction of sp³-hybridized carbons (Fsp3) is 0.250. The Morgan fingerprint density at radius 1 is 0.882 bits per heavy atom. The number of anilines is 1. The monoisotopic (exact) mass is 468 g/mol. The third-order valence-corrected chi connectivity index (χ3v) is 7.18. The summed E-state index contributed by atoms with van der Waals surface area (Å²) in [5.74, 6) is 1.85. The number of piperazine rings is 1. The molecule has 6 heteroatoms. The second kappa shape index (κ2) is 9.77. The number of amides is 1. The van der Waals surface area contributed by atoms with Gasteiger partial charge in [-0.2, -0.15) is 0 Å². The third-order valence-electron chi connectivity index (χ3n) is 6.32. The molecule has 0 unspecified atom stereocenters. The number of aryl methyl sites for hydroxylation is 2. The Bertz CT molecular complexity index is 1260. The number of carbonyl (C=O) groups excluding carboxylic acids is 1. The number of hydrogen-bond acceptors (Lipinski definition) is 5. The van der Waals surface area contributed by atoms with Crippen molar-refractivity contribution in [3.05, 3.63) is 99.4 Å². The standard InChI is InChI=1S/C28H28N4OS/c1-20-10-12-22(13-11-20)19-24-21(2)29-26(23-7-4-3-5-8-23)30-27(24)31-14-16-32(17-15-31)28(33)25-9-6-18-34-25/h3-13,18H,14-17,19H2,1-2H3. The van der Waals surface area contributed by atoms with E-state index in [2.05, 4.69) is 55.1 Å². The molecule has 0 atom stereocenters. The molecule has 2 aromatic heterocycles. The molecule has 3 heterocycles. The first kappa shape index (κ1) is 22.3. The van der Waals surface area contributed by atoms with E-state index < -0.39 is 0 Å². The molecule has 0 spiro atoms. The maximum absolute atomic E-state index is 12.8. The summed E-state index contributed by atoms with van der Waals surface area (Å²) in [5.41, 5.74) is 5.67. The van der Waals surface area contributed by atoms with Crippen molar-refractivity contribution in [2.75, 3.05) is 31.1 Å². The lowest BCUT2D eigenvalue weighted by atomic mass is 10.0. The molecule has 1 amide bonds. The van der Waals surface area contributed by atoms with Crippen LogP contribution >= 0.6 is 11.3 Å². The summed E-state index contributed by atoms with van der Waals surface area (Å²) in [6.07, 6.45) is 0.783. The first-order valence-corrected chi connectivity index (χ1v) is 12.5. The molecule has 5 nitrogen and oxygen atoms in total. The highest BCUT2D eigenvalue weighted by Crippen LogP contribution is 2.28. The number of aromatic nitrogens is 2. The highest BCUT2D eigenvalue weighted by atomic mass is 32.1. The summed E-state index contributed by atoms with van der Waals surface area (Å²) in [6, 6.07) is 22.6. The number of hydrogen-bond donors (Lipinski definition) is 0. The topological polar surface area (TPSA) is 49.3 Å². The molecule has 5 rings (SSSR count). The van der Waals surface area contributed by atoms with Crippen molar-refractivity contribution in [1.82, 2.24) is 14.9 Å². The summed E-state index contributed by atoms with van der Waals surface area (Å²) >= 11 is 1.50. The fourth-order valence-corrected chi connectivity index (χ4v) is 5.04. The molecule has 172 valence electrons. The van der Waals surface area contributed by atoms with E-state index in [-0.39, 0.29) is 5.91 Å². The predicted octanol–water partition coefficient (Wildman–Crippen LogP) is 5.38. The molecule has 1 fully saturated rings. The molecular weight excluding hydrogens is 440 g/mol. The number of carbonyl (C=O) groups is 1. The highest BCUT2D eigenvalue weighted by molar-refractivity contribution is 7.12. The summed E-state index contributed by atoms with van der Waals surface area (Å²) in [4.78, 5) is 27.9. The number of thiophene rings is 1. The smallest absolute Gasteiger partial charge is 0.264 e.